The summed E-state index contributed by atoms with van der Waals surface area (Å²) in [6, 6.07) is 0. The topological polar surface area (TPSA) is 9.23 Å². The van der Waals surface area contributed by atoms with Gasteiger partial charge in [0.05, 0.1) is 6.10 Å². The van der Waals surface area contributed by atoms with Crippen LogP contribution in [-0.4, -0.2) is 13.2 Å². The summed E-state index contributed by atoms with van der Waals surface area (Å²) in [5, 5.41) is 0. The molecule has 0 N–H and O–H groups in total. The molecular formula is C11H16O. The van der Waals surface area contributed by atoms with Crippen LogP contribution in [0.25, 0.3) is 0 Å². The molecular weight excluding hydrogens is 148 g/mol. The third-order valence-corrected chi connectivity index (χ3v) is 4.22. The highest BCUT2D eigenvalue weighted by Gasteiger charge is 2.51. The lowest BCUT2D eigenvalue weighted by atomic mass is 9.80. The summed E-state index contributed by atoms with van der Waals surface area (Å²) in [7, 11) is 1.85. The molecule has 1 heteroatoms. The molecule has 2 unspecified atom stereocenters. The summed E-state index contributed by atoms with van der Waals surface area (Å²) < 4.78 is 5.49. The van der Waals surface area contributed by atoms with E-state index in [9.17, 15) is 0 Å². The van der Waals surface area contributed by atoms with E-state index in [2.05, 4.69) is 12.2 Å². The Morgan fingerprint density at radius 3 is 2.83 bits per heavy atom. The van der Waals surface area contributed by atoms with Crippen molar-refractivity contribution in [3.05, 3.63) is 12.2 Å². The standard InChI is InChI=1S/C11H16O/c1-12-10-5-4-9-7-2-3-8(6-7)11(9)10/h4-5,7-11H,2-3,6H2,1H3/t7-,8+,9?,10+,11?/m0/s1. The molecule has 0 aliphatic heterocycles. The van der Waals surface area contributed by atoms with Crippen LogP contribution in [0.4, 0.5) is 0 Å². The molecule has 5 atom stereocenters. The maximum atomic E-state index is 5.49. The average Bonchev–Trinajstić information content (AvgIpc) is 2.76. The van der Waals surface area contributed by atoms with Gasteiger partial charge in [0.25, 0.3) is 0 Å². The molecule has 12 heavy (non-hydrogen) atoms. The van der Waals surface area contributed by atoms with Crippen molar-refractivity contribution in [2.24, 2.45) is 23.7 Å². The predicted molar refractivity (Wildman–Crippen MR) is 47.7 cm³/mol. The summed E-state index contributed by atoms with van der Waals surface area (Å²) in [4.78, 5) is 0. The van der Waals surface area contributed by atoms with Gasteiger partial charge < -0.3 is 4.74 Å². The van der Waals surface area contributed by atoms with Crippen molar-refractivity contribution in [2.75, 3.05) is 7.11 Å². The van der Waals surface area contributed by atoms with Gasteiger partial charge in [0.2, 0.25) is 0 Å². The second-order valence-electron chi connectivity index (χ2n) is 4.57. The molecule has 3 aliphatic rings. The van der Waals surface area contributed by atoms with E-state index in [0.29, 0.717) is 6.10 Å². The summed E-state index contributed by atoms with van der Waals surface area (Å²) in [6.45, 7) is 0. The van der Waals surface area contributed by atoms with Crippen LogP contribution in [0.2, 0.25) is 0 Å². The van der Waals surface area contributed by atoms with Gasteiger partial charge in [-0.3, -0.25) is 0 Å². The molecule has 1 nitrogen and oxygen atoms in total. The maximum Gasteiger partial charge on any atom is 0.0788 e. The van der Waals surface area contributed by atoms with E-state index in [-0.39, 0.29) is 0 Å². The van der Waals surface area contributed by atoms with Gasteiger partial charge in [-0.2, -0.15) is 0 Å². The van der Waals surface area contributed by atoms with Gasteiger partial charge in [0, 0.05) is 7.11 Å². The minimum absolute atomic E-state index is 0.449. The Morgan fingerprint density at radius 2 is 2.00 bits per heavy atom. The van der Waals surface area contributed by atoms with Crippen molar-refractivity contribution >= 4 is 0 Å². The Balaban J connectivity index is 1.89. The van der Waals surface area contributed by atoms with Gasteiger partial charge in [0.15, 0.2) is 0 Å². The molecule has 0 aromatic rings. The third-order valence-electron chi connectivity index (χ3n) is 4.22. The van der Waals surface area contributed by atoms with Crippen molar-refractivity contribution < 1.29 is 4.74 Å². The molecule has 0 aromatic carbocycles. The fourth-order valence-electron chi connectivity index (χ4n) is 3.75. The van der Waals surface area contributed by atoms with E-state index in [1.807, 2.05) is 7.11 Å². The summed E-state index contributed by atoms with van der Waals surface area (Å²) in [6.07, 6.45) is 9.59. The van der Waals surface area contributed by atoms with E-state index in [4.69, 9.17) is 4.74 Å². The normalized spacial score (nSPS) is 54.9. The van der Waals surface area contributed by atoms with E-state index in [1.54, 1.807) is 0 Å². The quantitative estimate of drug-likeness (QED) is 0.540. The van der Waals surface area contributed by atoms with Crippen molar-refractivity contribution in [3.63, 3.8) is 0 Å². The first-order chi connectivity index (χ1) is 5.90. The predicted octanol–water partition coefficient (Wildman–Crippen LogP) is 2.23. The molecule has 2 fully saturated rings. The van der Waals surface area contributed by atoms with Gasteiger partial charge in [-0.15, -0.1) is 0 Å². The molecule has 3 aliphatic carbocycles. The van der Waals surface area contributed by atoms with Gasteiger partial charge in [0.1, 0.15) is 0 Å². The van der Waals surface area contributed by atoms with E-state index >= 15 is 0 Å². The van der Waals surface area contributed by atoms with Crippen LogP contribution in [0.15, 0.2) is 12.2 Å². The second-order valence-corrected chi connectivity index (χ2v) is 4.57. The lowest BCUT2D eigenvalue weighted by molar-refractivity contribution is 0.0592. The Hall–Kier alpha value is -0.300. The number of allylic oxidation sites excluding steroid dienone is 1. The molecule has 66 valence electrons. The second kappa shape index (κ2) is 2.35. The summed E-state index contributed by atoms with van der Waals surface area (Å²) in [5.41, 5.74) is 0. The van der Waals surface area contributed by atoms with Crippen LogP contribution in [0, 0.1) is 23.7 Å². The molecule has 3 rings (SSSR count). The first-order valence-corrected chi connectivity index (χ1v) is 5.11. The lowest BCUT2D eigenvalue weighted by Crippen LogP contribution is -2.27. The molecule has 2 bridgehead atoms. The van der Waals surface area contributed by atoms with Crippen molar-refractivity contribution in [1.29, 1.82) is 0 Å². The van der Waals surface area contributed by atoms with E-state index in [0.717, 1.165) is 23.7 Å². The van der Waals surface area contributed by atoms with Crippen LogP contribution in [0.1, 0.15) is 19.3 Å². The van der Waals surface area contributed by atoms with Crippen LogP contribution in [0.3, 0.4) is 0 Å². The summed E-state index contributed by atoms with van der Waals surface area (Å²) in [5.74, 6) is 3.73. The molecule has 0 spiro atoms. The van der Waals surface area contributed by atoms with Crippen LogP contribution >= 0.6 is 0 Å². The highest BCUT2D eigenvalue weighted by atomic mass is 16.5. The number of rotatable bonds is 1. The largest absolute Gasteiger partial charge is 0.377 e. The molecule has 0 amide bonds. The number of ether oxygens (including phenoxy) is 1. The molecule has 2 saturated carbocycles. The van der Waals surface area contributed by atoms with E-state index < -0.39 is 0 Å². The monoisotopic (exact) mass is 164 g/mol. The molecule has 0 heterocycles. The van der Waals surface area contributed by atoms with Gasteiger partial charge >= 0.3 is 0 Å². The Labute approximate surface area is 73.8 Å². The number of hydrogen-bond donors (Lipinski definition) is 0. The minimum Gasteiger partial charge on any atom is -0.377 e. The lowest BCUT2D eigenvalue weighted by Gasteiger charge is -2.28. The first kappa shape index (κ1) is 7.14. The van der Waals surface area contributed by atoms with E-state index in [1.165, 1.54) is 19.3 Å². The number of fused-ring (bicyclic) bond motifs is 5. The zero-order chi connectivity index (χ0) is 8.13. The Kier molecular flexibility index (Phi) is 1.40. The van der Waals surface area contributed by atoms with Crippen molar-refractivity contribution in [2.45, 2.75) is 25.4 Å². The van der Waals surface area contributed by atoms with Crippen molar-refractivity contribution in [3.8, 4) is 0 Å². The van der Waals surface area contributed by atoms with Crippen LogP contribution in [0.5, 0.6) is 0 Å². The molecule has 0 aromatic heterocycles. The summed E-state index contributed by atoms with van der Waals surface area (Å²) >= 11 is 0. The SMILES string of the molecule is CO[C@@H]1C=CC2C1[C@@H]1CC[C@H]2C1. The Morgan fingerprint density at radius 1 is 1.17 bits per heavy atom. The highest BCUT2D eigenvalue weighted by Crippen LogP contribution is 2.56. The molecule has 0 radical (unpaired) electrons. The number of methoxy groups -OCH3 is 1. The fraction of sp³-hybridized carbons (Fsp3) is 0.818. The van der Waals surface area contributed by atoms with Gasteiger partial charge in [-0.25, -0.2) is 0 Å². The van der Waals surface area contributed by atoms with Gasteiger partial charge in [-0.05, 0) is 42.9 Å². The highest BCUT2D eigenvalue weighted by molar-refractivity contribution is 5.16. The van der Waals surface area contributed by atoms with Gasteiger partial charge in [-0.1, -0.05) is 12.2 Å². The van der Waals surface area contributed by atoms with Crippen molar-refractivity contribution in [1.82, 2.24) is 0 Å². The zero-order valence-corrected chi connectivity index (χ0v) is 7.57. The average molecular weight is 164 g/mol. The minimum atomic E-state index is 0.449. The fourth-order valence-corrected chi connectivity index (χ4v) is 3.75. The smallest absolute Gasteiger partial charge is 0.0788 e. The first-order valence-electron chi connectivity index (χ1n) is 5.11. The Bertz CT molecular complexity index is 221. The number of hydrogen-bond acceptors (Lipinski definition) is 1. The van der Waals surface area contributed by atoms with Crippen LogP contribution < -0.4 is 0 Å². The van der Waals surface area contributed by atoms with Crippen LogP contribution in [-0.2, 0) is 4.74 Å². The maximum absolute atomic E-state index is 5.49. The zero-order valence-electron chi connectivity index (χ0n) is 7.57. The molecule has 0 saturated heterocycles. The third kappa shape index (κ3) is 0.731.